The molecule has 1 aliphatic heterocycles. The number of carbonyl (C=O) groups excluding carboxylic acids is 1. The fraction of sp³-hybridized carbons (Fsp3) is 0.350. The van der Waals surface area contributed by atoms with Gasteiger partial charge in [0.15, 0.2) is 0 Å². The molecule has 2 aromatic carbocycles. The molecule has 1 saturated heterocycles. The zero-order chi connectivity index (χ0) is 17.6. The third-order valence-corrected chi connectivity index (χ3v) is 5.41. The number of aryl methyl sites for hydroxylation is 1. The van der Waals surface area contributed by atoms with Gasteiger partial charge in [-0.25, -0.2) is 0 Å². The van der Waals surface area contributed by atoms with Gasteiger partial charge in [-0.1, -0.05) is 29.8 Å². The predicted molar refractivity (Wildman–Crippen MR) is 104 cm³/mol. The van der Waals surface area contributed by atoms with E-state index < -0.39 is 0 Å². The van der Waals surface area contributed by atoms with Gasteiger partial charge in [-0.3, -0.25) is 4.79 Å². The van der Waals surface area contributed by atoms with Crippen LogP contribution in [0.3, 0.4) is 0 Å². The van der Waals surface area contributed by atoms with Crippen LogP contribution in [0.25, 0.3) is 0 Å². The molecule has 1 aliphatic rings. The Morgan fingerprint density at radius 1 is 1.08 bits per heavy atom. The van der Waals surface area contributed by atoms with E-state index in [4.69, 9.17) is 0 Å². The Balaban J connectivity index is 1.43. The second-order valence-corrected chi connectivity index (χ2v) is 7.35. The van der Waals surface area contributed by atoms with Crippen molar-refractivity contribution in [1.29, 1.82) is 0 Å². The van der Waals surface area contributed by atoms with Crippen molar-refractivity contribution in [3.05, 3.63) is 59.7 Å². The first-order valence-electron chi connectivity index (χ1n) is 8.57. The summed E-state index contributed by atoms with van der Waals surface area (Å²) >= 11 is 1.68. The highest BCUT2D eigenvalue weighted by atomic mass is 32.2. The number of rotatable bonds is 5. The third kappa shape index (κ3) is 4.92. The summed E-state index contributed by atoms with van der Waals surface area (Å²) in [7, 11) is 0. The molecule has 0 aliphatic carbocycles. The summed E-state index contributed by atoms with van der Waals surface area (Å²) in [5.41, 5.74) is 3.63. The number of phenolic OH excluding ortho intramolecular Hbond substituents is 1. The van der Waals surface area contributed by atoms with E-state index in [1.807, 2.05) is 17.0 Å². The second kappa shape index (κ2) is 8.30. The van der Waals surface area contributed by atoms with Gasteiger partial charge >= 0.3 is 0 Å². The van der Waals surface area contributed by atoms with Gasteiger partial charge in [-0.2, -0.15) is 0 Å². The van der Waals surface area contributed by atoms with E-state index in [0.29, 0.717) is 5.75 Å². The lowest BCUT2D eigenvalue weighted by molar-refractivity contribution is -0.128. The highest BCUT2D eigenvalue weighted by Gasteiger charge is 2.21. The van der Waals surface area contributed by atoms with Crippen molar-refractivity contribution < 1.29 is 9.90 Å². The van der Waals surface area contributed by atoms with Gasteiger partial charge in [-0.05, 0) is 36.8 Å². The molecule has 25 heavy (non-hydrogen) atoms. The topological polar surface area (TPSA) is 43.8 Å². The number of hydrogen-bond acceptors (Lipinski definition) is 4. The molecular formula is C20H24N2O2S. The number of nitrogens with zero attached hydrogens (tertiary/aromatic N) is 2. The van der Waals surface area contributed by atoms with Crippen molar-refractivity contribution in [2.75, 3.05) is 36.8 Å². The van der Waals surface area contributed by atoms with Crippen molar-refractivity contribution in [1.82, 2.24) is 4.90 Å². The Morgan fingerprint density at radius 2 is 1.80 bits per heavy atom. The van der Waals surface area contributed by atoms with Gasteiger partial charge in [0.1, 0.15) is 5.75 Å². The Bertz CT molecular complexity index is 710. The van der Waals surface area contributed by atoms with Crippen LogP contribution in [-0.2, 0) is 10.5 Å². The monoisotopic (exact) mass is 356 g/mol. The summed E-state index contributed by atoms with van der Waals surface area (Å²) in [6, 6.07) is 15.7. The normalized spacial score (nSPS) is 14.6. The Hall–Kier alpha value is -2.14. The molecule has 132 valence electrons. The average Bonchev–Trinajstić information content (AvgIpc) is 2.62. The predicted octanol–water partition coefficient (Wildman–Crippen LogP) is 3.28. The fourth-order valence-corrected chi connectivity index (χ4v) is 3.90. The highest BCUT2D eigenvalue weighted by Crippen LogP contribution is 2.20. The summed E-state index contributed by atoms with van der Waals surface area (Å²) in [5, 5.41) is 9.38. The summed E-state index contributed by atoms with van der Waals surface area (Å²) in [4.78, 5) is 16.6. The number of piperazine rings is 1. The number of amides is 1. The van der Waals surface area contributed by atoms with Gasteiger partial charge in [0.25, 0.3) is 0 Å². The molecule has 0 unspecified atom stereocenters. The minimum atomic E-state index is 0.225. The van der Waals surface area contributed by atoms with Crippen LogP contribution in [0.15, 0.2) is 48.5 Å². The molecule has 5 heteroatoms. The second-order valence-electron chi connectivity index (χ2n) is 6.37. The van der Waals surface area contributed by atoms with Crippen molar-refractivity contribution in [3.63, 3.8) is 0 Å². The Labute approximate surface area is 153 Å². The van der Waals surface area contributed by atoms with Crippen LogP contribution in [0.2, 0.25) is 0 Å². The van der Waals surface area contributed by atoms with E-state index in [-0.39, 0.29) is 11.7 Å². The summed E-state index contributed by atoms with van der Waals surface area (Å²) in [6.07, 6.45) is 0. The van der Waals surface area contributed by atoms with Gasteiger partial charge in [0.05, 0.1) is 5.75 Å². The van der Waals surface area contributed by atoms with Gasteiger partial charge in [0.2, 0.25) is 5.91 Å². The highest BCUT2D eigenvalue weighted by molar-refractivity contribution is 7.99. The van der Waals surface area contributed by atoms with E-state index in [1.165, 1.54) is 11.1 Å². The van der Waals surface area contributed by atoms with E-state index in [2.05, 4.69) is 36.1 Å². The first-order chi connectivity index (χ1) is 12.1. The fourth-order valence-electron chi connectivity index (χ4n) is 3.03. The van der Waals surface area contributed by atoms with Gasteiger partial charge in [-0.15, -0.1) is 11.8 Å². The minimum Gasteiger partial charge on any atom is -0.508 e. The van der Waals surface area contributed by atoms with Crippen LogP contribution >= 0.6 is 11.8 Å². The van der Waals surface area contributed by atoms with Crippen LogP contribution in [-0.4, -0.2) is 47.8 Å². The van der Waals surface area contributed by atoms with E-state index in [1.54, 1.807) is 23.9 Å². The first kappa shape index (κ1) is 17.7. The smallest absolute Gasteiger partial charge is 0.232 e. The summed E-state index contributed by atoms with van der Waals surface area (Å²) in [6.45, 7) is 5.26. The van der Waals surface area contributed by atoms with Crippen LogP contribution in [0.4, 0.5) is 5.69 Å². The Kier molecular flexibility index (Phi) is 5.87. The largest absolute Gasteiger partial charge is 0.508 e. The van der Waals surface area contributed by atoms with Gasteiger partial charge < -0.3 is 14.9 Å². The van der Waals surface area contributed by atoms with Crippen LogP contribution in [0, 0.1) is 6.92 Å². The molecule has 1 amide bonds. The standard InChI is InChI=1S/C20H24N2O2S/c1-16-3-2-4-17(13-16)14-25-15-20(24)22-11-9-21(10-12-22)18-5-7-19(23)8-6-18/h2-8,13,23H,9-12,14-15H2,1H3. The van der Waals surface area contributed by atoms with E-state index in [0.717, 1.165) is 37.6 Å². The SMILES string of the molecule is Cc1cccc(CSCC(=O)N2CCN(c3ccc(O)cc3)CC2)c1. The maximum Gasteiger partial charge on any atom is 0.232 e. The number of aromatic hydroxyl groups is 1. The third-order valence-electron chi connectivity index (χ3n) is 4.42. The zero-order valence-electron chi connectivity index (χ0n) is 14.5. The number of phenols is 1. The van der Waals surface area contributed by atoms with Gasteiger partial charge in [0, 0.05) is 37.6 Å². The van der Waals surface area contributed by atoms with E-state index in [9.17, 15) is 9.90 Å². The summed E-state index contributed by atoms with van der Waals surface area (Å²) < 4.78 is 0. The number of thioether (sulfide) groups is 1. The number of carbonyl (C=O) groups is 1. The Morgan fingerprint density at radius 3 is 2.48 bits per heavy atom. The molecule has 0 spiro atoms. The molecule has 1 N–H and O–H groups in total. The number of benzene rings is 2. The molecule has 0 radical (unpaired) electrons. The molecule has 0 saturated carbocycles. The number of anilines is 1. The van der Waals surface area contributed by atoms with Crippen molar-refractivity contribution in [3.8, 4) is 5.75 Å². The average molecular weight is 356 g/mol. The lowest BCUT2D eigenvalue weighted by Gasteiger charge is -2.36. The summed E-state index contributed by atoms with van der Waals surface area (Å²) in [5.74, 6) is 1.92. The van der Waals surface area contributed by atoms with Crippen LogP contribution in [0.1, 0.15) is 11.1 Å². The number of hydrogen-bond donors (Lipinski definition) is 1. The lowest BCUT2D eigenvalue weighted by atomic mass is 10.2. The molecule has 4 nitrogen and oxygen atoms in total. The van der Waals surface area contributed by atoms with E-state index >= 15 is 0 Å². The molecule has 0 aromatic heterocycles. The van der Waals surface area contributed by atoms with Crippen molar-refractivity contribution in [2.24, 2.45) is 0 Å². The molecule has 1 heterocycles. The lowest BCUT2D eigenvalue weighted by Crippen LogP contribution is -2.49. The first-order valence-corrected chi connectivity index (χ1v) is 9.72. The molecule has 1 fully saturated rings. The maximum atomic E-state index is 12.4. The van der Waals surface area contributed by atoms with Crippen molar-refractivity contribution in [2.45, 2.75) is 12.7 Å². The molecule has 3 rings (SSSR count). The molecule has 0 bridgehead atoms. The zero-order valence-corrected chi connectivity index (χ0v) is 15.3. The maximum absolute atomic E-state index is 12.4. The minimum absolute atomic E-state index is 0.225. The quantitative estimate of drug-likeness (QED) is 0.893. The van der Waals surface area contributed by atoms with Crippen molar-refractivity contribution >= 4 is 23.4 Å². The van der Waals surface area contributed by atoms with Crippen LogP contribution < -0.4 is 4.90 Å². The molecule has 2 aromatic rings. The molecule has 0 atom stereocenters. The molecular weight excluding hydrogens is 332 g/mol. The van der Waals surface area contributed by atoms with Crippen LogP contribution in [0.5, 0.6) is 5.75 Å².